The first kappa shape index (κ1) is 24.7. The summed E-state index contributed by atoms with van der Waals surface area (Å²) < 4.78 is 10.9. The number of ether oxygens (including phenoxy) is 2. The second-order valence-corrected chi connectivity index (χ2v) is 9.65. The minimum absolute atomic E-state index is 0.00819. The molecule has 37 heavy (non-hydrogen) atoms. The van der Waals surface area contributed by atoms with Crippen LogP contribution in [0.2, 0.25) is 0 Å². The molecule has 2 heterocycles. The van der Waals surface area contributed by atoms with E-state index in [4.69, 9.17) is 14.6 Å². The Balaban J connectivity index is 1.39. The number of carbonyl (C=O) groups is 3. The Morgan fingerprint density at radius 3 is 2.08 bits per heavy atom. The average molecular weight is 502 g/mol. The highest BCUT2D eigenvalue weighted by Gasteiger charge is 2.40. The van der Waals surface area contributed by atoms with Crippen LogP contribution >= 0.6 is 0 Å². The van der Waals surface area contributed by atoms with Gasteiger partial charge in [-0.15, -0.1) is 0 Å². The SMILES string of the molecule is COc1ccc(C2=NN(Cc3ccc(CN4C(=O)CCCC4=O)cc3)C(=O)[C@H]3CC=CC[C@@H]23)cc1OC. The third-order valence-electron chi connectivity index (χ3n) is 7.34. The molecule has 8 heteroatoms. The van der Waals surface area contributed by atoms with Crippen molar-refractivity contribution in [1.29, 1.82) is 0 Å². The smallest absolute Gasteiger partial charge is 0.247 e. The Hall–Kier alpha value is -3.94. The molecule has 1 saturated heterocycles. The van der Waals surface area contributed by atoms with Crippen LogP contribution in [0.5, 0.6) is 11.5 Å². The zero-order valence-corrected chi connectivity index (χ0v) is 21.2. The van der Waals surface area contributed by atoms with Gasteiger partial charge < -0.3 is 9.47 Å². The van der Waals surface area contributed by atoms with Crippen molar-refractivity contribution in [3.8, 4) is 11.5 Å². The maximum absolute atomic E-state index is 13.4. The monoisotopic (exact) mass is 501 g/mol. The first-order chi connectivity index (χ1) is 18.0. The van der Waals surface area contributed by atoms with E-state index in [1.807, 2.05) is 42.5 Å². The number of methoxy groups -OCH3 is 2. The lowest BCUT2D eigenvalue weighted by Gasteiger charge is -2.37. The number of nitrogens with zero attached hydrogens (tertiary/aromatic N) is 3. The predicted octanol–water partition coefficient (Wildman–Crippen LogP) is 4.07. The van der Waals surface area contributed by atoms with Gasteiger partial charge in [-0.25, -0.2) is 5.01 Å². The van der Waals surface area contributed by atoms with Crippen LogP contribution < -0.4 is 9.47 Å². The summed E-state index contributed by atoms with van der Waals surface area (Å²) in [5.74, 6) is 0.890. The predicted molar refractivity (Wildman–Crippen MR) is 138 cm³/mol. The fourth-order valence-corrected chi connectivity index (χ4v) is 5.30. The van der Waals surface area contributed by atoms with Gasteiger partial charge in [0, 0.05) is 24.3 Å². The molecule has 8 nitrogen and oxygen atoms in total. The second-order valence-electron chi connectivity index (χ2n) is 9.65. The van der Waals surface area contributed by atoms with Gasteiger partial charge >= 0.3 is 0 Å². The molecule has 5 rings (SSSR count). The summed E-state index contributed by atoms with van der Waals surface area (Å²) in [6.07, 6.45) is 7.10. The van der Waals surface area contributed by atoms with Gasteiger partial charge in [-0.3, -0.25) is 19.3 Å². The average Bonchev–Trinajstić information content (AvgIpc) is 2.93. The molecular formula is C29H31N3O5. The maximum Gasteiger partial charge on any atom is 0.247 e. The van der Waals surface area contributed by atoms with Crippen LogP contribution in [-0.4, -0.2) is 47.6 Å². The molecule has 0 radical (unpaired) electrons. The number of piperidine rings is 1. The second kappa shape index (κ2) is 10.6. The number of benzene rings is 2. The Morgan fingerprint density at radius 1 is 0.811 bits per heavy atom. The largest absolute Gasteiger partial charge is 0.493 e. The molecule has 0 bridgehead atoms. The van der Waals surface area contributed by atoms with Crippen molar-refractivity contribution in [3.63, 3.8) is 0 Å². The highest BCUT2D eigenvalue weighted by molar-refractivity contribution is 6.07. The molecule has 0 N–H and O–H groups in total. The van der Waals surface area contributed by atoms with Crippen LogP contribution in [0.3, 0.4) is 0 Å². The summed E-state index contributed by atoms with van der Waals surface area (Å²) in [5, 5.41) is 6.42. The molecule has 2 aromatic carbocycles. The van der Waals surface area contributed by atoms with E-state index in [0.29, 0.717) is 43.7 Å². The first-order valence-corrected chi connectivity index (χ1v) is 12.7. The molecule has 0 unspecified atom stereocenters. The van der Waals surface area contributed by atoms with Gasteiger partial charge in [-0.2, -0.15) is 5.10 Å². The number of hydrazone groups is 1. The third-order valence-corrected chi connectivity index (χ3v) is 7.34. The van der Waals surface area contributed by atoms with E-state index >= 15 is 0 Å². The van der Waals surface area contributed by atoms with Gasteiger partial charge in [0.1, 0.15) is 0 Å². The van der Waals surface area contributed by atoms with E-state index in [1.54, 1.807) is 19.2 Å². The Labute approximate surface area is 216 Å². The summed E-state index contributed by atoms with van der Waals surface area (Å²) in [4.78, 5) is 39.0. The van der Waals surface area contributed by atoms with Crippen molar-refractivity contribution in [2.75, 3.05) is 14.2 Å². The Kier molecular flexibility index (Phi) is 7.08. The van der Waals surface area contributed by atoms with Crippen molar-refractivity contribution in [2.45, 2.75) is 45.2 Å². The molecule has 192 valence electrons. The number of allylic oxidation sites excluding steroid dienone is 2. The normalized spacial score (nSPS) is 21.6. The topological polar surface area (TPSA) is 88.5 Å². The highest BCUT2D eigenvalue weighted by Crippen LogP contribution is 2.37. The molecule has 1 aliphatic carbocycles. The van der Waals surface area contributed by atoms with Crippen LogP contribution in [-0.2, 0) is 27.5 Å². The van der Waals surface area contributed by atoms with Crippen LogP contribution in [0, 0.1) is 11.8 Å². The molecule has 2 atom stereocenters. The Bertz CT molecular complexity index is 1250. The number of carbonyl (C=O) groups excluding carboxylic acids is 3. The van der Waals surface area contributed by atoms with E-state index in [9.17, 15) is 14.4 Å². The summed E-state index contributed by atoms with van der Waals surface area (Å²) in [6, 6.07) is 13.4. The molecule has 0 saturated carbocycles. The minimum Gasteiger partial charge on any atom is -0.493 e. The van der Waals surface area contributed by atoms with Gasteiger partial charge in [0.25, 0.3) is 0 Å². The summed E-state index contributed by atoms with van der Waals surface area (Å²) in [5.41, 5.74) is 3.58. The highest BCUT2D eigenvalue weighted by atomic mass is 16.5. The molecule has 2 aromatic rings. The minimum atomic E-state index is -0.166. The van der Waals surface area contributed by atoms with Crippen LogP contribution in [0.4, 0.5) is 0 Å². The Morgan fingerprint density at radius 2 is 1.43 bits per heavy atom. The quantitative estimate of drug-likeness (QED) is 0.422. The van der Waals surface area contributed by atoms with E-state index in [-0.39, 0.29) is 36.1 Å². The number of imide groups is 1. The number of hydrogen-bond acceptors (Lipinski definition) is 6. The molecule has 3 amide bonds. The van der Waals surface area contributed by atoms with Crippen LogP contribution in [0.25, 0.3) is 0 Å². The fourth-order valence-electron chi connectivity index (χ4n) is 5.30. The summed E-state index contributed by atoms with van der Waals surface area (Å²) in [6.45, 7) is 0.614. The standard InChI is InChI=1S/C29H31N3O5/c1-36-24-15-14-21(16-25(24)37-2)28-22-6-3-4-7-23(22)29(35)32(30-28)18-20-12-10-19(11-13-20)17-31-26(33)8-5-9-27(31)34/h3-4,10-16,22-23H,5-9,17-18H2,1-2H3/t22-,23+/m1/s1. The number of rotatable bonds is 7. The lowest BCUT2D eigenvalue weighted by Crippen LogP contribution is -2.45. The lowest BCUT2D eigenvalue weighted by atomic mass is 9.76. The molecule has 0 spiro atoms. The van der Waals surface area contributed by atoms with E-state index in [1.165, 1.54) is 4.90 Å². The summed E-state index contributed by atoms with van der Waals surface area (Å²) in [7, 11) is 3.21. The maximum atomic E-state index is 13.4. The first-order valence-electron chi connectivity index (χ1n) is 12.7. The van der Waals surface area contributed by atoms with Gasteiger partial charge in [0.15, 0.2) is 11.5 Å². The number of fused-ring (bicyclic) bond motifs is 1. The van der Waals surface area contributed by atoms with E-state index in [0.717, 1.165) is 28.8 Å². The van der Waals surface area contributed by atoms with Crippen LogP contribution in [0.15, 0.2) is 59.7 Å². The third kappa shape index (κ3) is 5.01. The number of hydrogen-bond donors (Lipinski definition) is 0. The van der Waals surface area contributed by atoms with Gasteiger partial charge in [0.2, 0.25) is 17.7 Å². The molecular weight excluding hydrogens is 470 g/mol. The lowest BCUT2D eigenvalue weighted by molar-refractivity contribution is -0.148. The van der Waals surface area contributed by atoms with Crippen LogP contribution in [0.1, 0.15) is 48.8 Å². The molecule has 0 aromatic heterocycles. The van der Waals surface area contributed by atoms with Gasteiger partial charge in [-0.1, -0.05) is 36.4 Å². The van der Waals surface area contributed by atoms with Gasteiger partial charge in [-0.05, 0) is 48.6 Å². The van der Waals surface area contributed by atoms with Crippen molar-refractivity contribution in [1.82, 2.24) is 9.91 Å². The summed E-state index contributed by atoms with van der Waals surface area (Å²) >= 11 is 0. The van der Waals surface area contributed by atoms with Crippen molar-refractivity contribution >= 4 is 23.4 Å². The molecule has 1 fully saturated rings. The number of likely N-dealkylation sites (tertiary alicyclic amines) is 1. The van der Waals surface area contributed by atoms with Crippen molar-refractivity contribution in [2.24, 2.45) is 16.9 Å². The van der Waals surface area contributed by atoms with Crippen molar-refractivity contribution < 1.29 is 23.9 Å². The van der Waals surface area contributed by atoms with Gasteiger partial charge in [0.05, 0.1) is 38.9 Å². The zero-order chi connectivity index (χ0) is 25.9. The molecule has 2 aliphatic heterocycles. The molecule has 3 aliphatic rings. The van der Waals surface area contributed by atoms with E-state index in [2.05, 4.69) is 12.2 Å². The van der Waals surface area contributed by atoms with E-state index < -0.39 is 0 Å². The van der Waals surface area contributed by atoms with Crippen molar-refractivity contribution in [3.05, 3.63) is 71.3 Å². The fraction of sp³-hybridized carbons (Fsp3) is 0.379. The number of amides is 3. The zero-order valence-electron chi connectivity index (χ0n) is 21.2.